The summed E-state index contributed by atoms with van der Waals surface area (Å²) in [4.78, 5) is 14.1. The Morgan fingerprint density at radius 3 is 2.40 bits per heavy atom. The molecule has 20 heavy (non-hydrogen) atoms. The SMILES string of the molecule is O=[N+]([O-])c1cc(Cl)c(OCc2cc(Cl)ccn2)c(Cl)c1. The van der Waals surface area contributed by atoms with Crippen molar-refractivity contribution in [3.05, 3.63) is 61.3 Å². The number of non-ortho nitro benzene ring substituents is 1. The smallest absolute Gasteiger partial charge is 0.272 e. The zero-order valence-electron chi connectivity index (χ0n) is 9.85. The first-order chi connectivity index (χ1) is 9.47. The summed E-state index contributed by atoms with van der Waals surface area (Å²) in [6.07, 6.45) is 1.54. The summed E-state index contributed by atoms with van der Waals surface area (Å²) in [7, 11) is 0. The van der Waals surface area contributed by atoms with E-state index >= 15 is 0 Å². The number of pyridine rings is 1. The van der Waals surface area contributed by atoms with Crippen LogP contribution in [0.25, 0.3) is 0 Å². The molecule has 0 spiro atoms. The van der Waals surface area contributed by atoms with Crippen molar-refractivity contribution < 1.29 is 9.66 Å². The van der Waals surface area contributed by atoms with Gasteiger partial charge >= 0.3 is 0 Å². The summed E-state index contributed by atoms with van der Waals surface area (Å²) in [6.45, 7) is 0.0951. The predicted octanol–water partition coefficient (Wildman–Crippen LogP) is 4.53. The van der Waals surface area contributed by atoms with Crippen LogP contribution in [-0.4, -0.2) is 9.91 Å². The van der Waals surface area contributed by atoms with Gasteiger partial charge in [-0.1, -0.05) is 34.8 Å². The van der Waals surface area contributed by atoms with Gasteiger partial charge in [-0.05, 0) is 12.1 Å². The van der Waals surface area contributed by atoms with Crippen LogP contribution in [0.4, 0.5) is 5.69 Å². The molecular weight excluding hydrogens is 327 g/mol. The van der Waals surface area contributed by atoms with Gasteiger partial charge in [0.05, 0.1) is 20.7 Å². The van der Waals surface area contributed by atoms with Gasteiger partial charge in [0.1, 0.15) is 6.61 Å². The number of nitro groups is 1. The number of aromatic nitrogens is 1. The third-order valence-corrected chi connectivity index (χ3v) is 3.13. The lowest BCUT2D eigenvalue weighted by Crippen LogP contribution is -1.99. The Hall–Kier alpha value is -1.56. The predicted molar refractivity (Wildman–Crippen MR) is 76.7 cm³/mol. The van der Waals surface area contributed by atoms with Gasteiger partial charge in [0.2, 0.25) is 0 Å². The maximum Gasteiger partial charge on any atom is 0.272 e. The second kappa shape index (κ2) is 6.26. The van der Waals surface area contributed by atoms with Crippen molar-refractivity contribution in [1.82, 2.24) is 4.98 Å². The normalized spacial score (nSPS) is 10.3. The van der Waals surface area contributed by atoms with Gasteiger partial charge in [-0.3, -0.25) is 15.1 Å². The Balaban J connectivity index is 2.20. The summed E-state index contributed by atoms with van der Waals surface area (Å²) < 4.78 is 5.44. The highest BCUT2D eigenvalue weighted by molar-refractivity contribution is 6.37. The molecule has 0 amide bonds. The van der Waals surface area contributed by atoms with Crippen molar-refractivity contribution in [1.29, 1.82) is 0 Å². The maximum atomic E-state index is 10.7. The fourth-order valence-corrected chi connectivity index (χ4v) is 2.23. The summed E-state index contributed by atoms with van der Waals surface area (Å²) in [5.41, 5.74) is 0.385. The largest absolute Gasteiger partial charge is 0.484 e. The minimum Gasteiger partial charge on any atom is -0.484 e. The molecule has 2 aromatic rings. The van der Waals surface area contributed by atoms with E-state index in [1.165, 1.54) is 12.1 Å². The average Bonchev–Trinajstić information content (AvgIpc) is 2.37. The number of nitrogens with zero attached hydrogens (tertiary/aromatic N) is 2. The third-order valence-electron chi connectivity index (χ3n) is 2.34. The molecule has 0 unspecified atom stereocenters. The van der Waals surface area contributed by atoms with E-state index in [-0.39, 0.29) is 28.1 Å². The number of halogens is 3. The van der Waals surface area contributed by atoms with Crippen LogP contribution >= 0.6 is 34.8 Å². The second-order valence-corrected chi connectivity index (χ2v) is 5.00. The van der Waals surface area contributed by atoms with E-state index in [1.54, 1.807) is 18.3 Å². The molecule has 1 heterocycles. The van der Waals surface area contributed by atoms with Gasteiger partial charge in [0.15, 0.2) is 5.75 Å². The van der Waals surface area contributed by atoms with Crippen molar-refractivity contribution in [3.63, 3.8) is 0 Å². The van der Waals surface area contributed by atoms with Crippen molar-refractivity contribution in [3.8, 4) is 5.75 Å². The number of ether oxygens (including phenoxy) is 1. The molecule has 0 aliphatic rings. The van der Waals surface area contributed by atoms with E-state index in [0.29, 0.717) is 10.7 Å². The lowest BCUT2D eigenvalue weighted by atomic mass is 10.3. The first-order valence-corrected chi connectivity index (χ1v) is 6.47. The topological polar surface area (TPSA) is 65.3 Å². The Bertz CT molecular complexity index is 641. The highest BCUT2D eigenvalue weighted by Gasteiger charge is 2.16. The molecule has 0 radical (unpaired) electrons. The van der Waals surface area contributed by atoms with Crippen LogP contribution in [0.15, 0.2) is 30.5 Å². The highest BCUT2D eigenvalue weighted by Crippen LogP contribution is 2.37. The minimum absolute atomic E-state index is 0.0613. The monoisotopic (exact) mass is 332 g/mol. The molecule has 0 aliphatic heterocycles. The number of nitro benzene ring substituents is 1. The maximum absolute atomic E-state index is 10.7. The quantitative estimate of drug-likeness (QED) is 0.609. The molecule has 2 rings (SSSR count). The van der Waals surface area contributed by atoms with E-state index in [4.69, 9.17) is 39.5 Å². The van der Waals surface area contributed by atoms with Crippen LogP contribution in [0.3, 0.4) is 0 Å². The number of hydrogen-bond acceptors (Lipinski definition) is 4. The third kappa shape index (κ3) is 3.50. The van der Waals surface area contributed by atoms with Crippen LogP contribution in [0, 0.1) is 10.1 Å². The molecule has 1 aromatic heterocycles. The van der Waals surface area contributed by atoms with E-state index in [9.17, 15) is 10.1 Å². The Labute approximate surface area is 129 Å². The van der Waals surface area contributed by atoms with Gasteiger partial charge in [-0.2, -0.15) is 0 Å². The lowest BCUT2D eigenvalue weighted by molar-refractivity contribution is -0.384. The second-order valence-electron chi connectivity index (χ2n) is 3.75. The van der Waals surface area contributed by atoms with E-state index in [1.807, 2.05) is 0 Å². The molecule has 5 nitrogen and oxygen atoms in total. The molecule has 0 N–H and O–H groups in total. The summed E-state index contributed by atoms with van der Waals surface area (Å²) in [5.74, 6) is 0.167. The van der Waals surface area contributed by atoms with E-state index in [2.05, 4.69) is 4.98 Å². The van der Waals surface area contributed by atoms with Gasteiger partial charge < -0.3 is 4.74 Å². The first-order valence-electron chi connectivity index (χ1n) is 5.34. The molecule has 0 saturated carbocycles. The molecule has 0 aliphatic carbocycles. The van der Waals surface area contributed by atoms with Crippen molar-refractivity contribution in [2.75, 3.05) is 0 Å². The highest BCUT2D eigenvalue weighted by atomic mass is 35.5. The number of hydrogen-bond donors (Lipinski definition) is 0. The standard InChI is InChI=1S/C12H7Cl3N2O3/c13-7-1-2-16-8(3-7)6-20-12-10(14)4-9(17(18)19)5-11(12)15/h1-5H,6H2. The fraction of sp³-hybridized carbons (Fsp3) is 0.0833. The molecular formula is C12H7Cl3N2O3. The molecule has 0 fully saturated rings. The van der Waals surface area contributed by atoms with Crippen molar-refractivity contribution in [2.24, 2.45) is 0 Å². The summed E-state index contributed by atoms with van der Waals surface area (Å²) in [5, 5.41) is 11.3. The Morgan fingerprint density at radius 1 is 1.20 bits per heavy atom. The van der Waals surface area contributed by atoms with Crippen molar-refractivity contribution >= 4 is 40.5 Å². The van der Waals surface area contributed by atoms with Crippen LogP contribution in [-0.2, 0) is 6.61 Å². The van der Waals surface area contributed by atoms with Crippen LogP contribution in [0.5, 0.6) is 5.75 Å². The lowest BCUT2D eigenvalue weighted by Gasteiger charge is -2.09. The molecule has 0 saturated heterocycles. The molecule has 0 bridgehead atoms. The molecule has 104 valence electrons. The minimum atomic E-state index is -0.583. The Kier molecular flexibility index (Phi) is 4.65. The zero-order chi connectivity index (χ0) is 14.7. The first kappa shape index (κ1) is 14.8. The van der Waals surface area contributed by atoms with Crippen LogP contribution in [0.2, 0.25) is 15.1 Å². The van der Waals surface area contributed by atoms with Crippen LogP contribution < -0.4 is 4.74 Å². The van der Waals surface area contributed by atoms with E-state index < -0.39 is 4.92 Å². The number of benzene rings is 1. The Morgan fingerprint density at radius 2 is 1.85 bits per heavy atom. The summed E-state index contributed by atoms with van der Waals surface area (Å²) in [6, 6.07) is 5.62. The molecule has 1 aromatic carbocycles. The van der Waals surface area contributed by atoms with E-state index in [0.717, 1.165) is 0 Å². The zero-order valence-corrected chi connectivity index (χ0v) is 12.1. The number of rotatable bonds is 4. The summed E-state index contributed by atoms with van der Waals surface area (Å²) >= 11 is 17.7. The fourth-order valence-electron chi connectivity index (χ4n) is 1.46. The van der Waals surface area contributed by atoms with Gasteiger partial charge in [-0.15, -0.1) is 0 Å². The van der Waals surface area contributed by atoms with Gasteiger partial charge in [-0.25, -0.2) is 0 Å². The van der Waals surface area contributed by atoms with Gasteiger partial charge in [0, 0.05) is 23.4 Å². The van der Waals surface area contributed by atoms with Crippen LogP contribution in [0.1, 0.15) is 5.69 Å². The van der Waals surface area contributed by atoms with Crippen molar-refractivity contribution in [2.45, 2.75) is 6.61 Å². The molecule has 8 heteroatoms. The molecule has 0 atom stereocenters. The average molecular weight is 334 g/mol. The van der Waals surface area contributed by atoms with Gasteiger partial charge in [0.25, 0.3) is 5.69 Å².